The summed E-state index contributed by atoms with van der Waals surface area (Å²) < 4.78 is 4.83. The Morgan fingerprint density at radius 1 is 1.40 bits per heavy atom. The Hall–Kier alpha value is -2.30. The molecule has 1 aliphatic rings. The third-order valence-electron chi connectivity index (χ3n) is 3.51. The van der Waals surface area contributed by atoms with Crippen molar-refractivity contribution in [3.05, 3.63) is 48.0 Å². The number of carboxylic acids is 1. The number of carbonyl (C=O) groups is 2. The van der Waals surface area contributed by atoms with Gasteiger partial charge in [-0.15, -0.1) is 0 Å². The molecule has 0 aliphatic heterocycles. The zero-order valence-electron chi connectivity index (χ0n) is 11.1. The van der Waals surface area contributed by atoms with Crippen molar-refractivity contribution >= 4 is 12.1 Å². The molecule has 1 unspecified atom stereocenters. The van der Waals surface area contributed by atoms with Gasteiger partial charge in [0.2, 0.25) is 0 Å². The summed E-state index contributed by atoms with van der Waals surface area (Å²) in [6, 6.07) is 7.67. The Balaban J connectivity index is 2.18. The number of fused-ring (bicyclic) bond motifs is 1. The van der Waals surface area contributed by atoms with Crippen molar-refractivity contribution in [3.63, 3.8) is 0 Å². The molecule has 0 radical (unpaired) electrons. The molecule has 0 saturated heterocycles. The molecular formula is C15H17NO4. The van der Waals surface area contributed by atoms with Gasteiger partial charge in [-0.1, -0.05) is 36.9 Å². The van der Waals surface area contributed by atoms with E-state index in [-0.39, 0.29) is 13.0 Å². The molecule has 0 spiro atoms. The fourth-order valence-electron chi connectivity index (χ4n) is 2.44. The highest BCUT2D eigenvalue weighted by molar-refractivity contribution is 5.85. The molecule has 0 fully saturated rings. The van der Waals surface area contributed by atoms with Crippen molar-refractivity contribution in [2.45, 2.75) is 24.8 Å². The van der Waals surface area contributed by atoms with E-state index in [1.807, 2.05) is 24.3 Å². The first kappa shape index (κ1) is 14.1. The van der Waals surface area contributed by atoms with E-state index >= 15 is 0 Å². The lowest BCUT2D eigenvalue weighted by Crippen LogP contribution is -2.57. The lowest BCUT2D eigenvalue weighted by Gasteiger charge is -2.34. The average molecular weight is 275 g/mol. The van der Waals surface area contributed by atoms with E-state index in [1.165, 1.54) is 6.08 Å². The number of amides is 1. The fourth-order valence-corrected chi connectivity index (χ4v) is 2.44. The molecule has 1 aromatic rings. The first-order chi connectivity index (χ1) is 9.57. The maximum absolute atomic E-state index is 11.6. The van der Waals surface area contributed by atoms with E-state index in [2.05, 4.69) is 11.9 Å². The van der Waals surface area contributed by atoms with Crippen LogP contribution in [0.3, 0.4) is 0 Å². The third kappa shape index (κ3) is 2.82. The Morgan fingerprint density at radius 2 is 2.10 bits per heavy atom. The lowest BCUT2D eigenvalue weighted by atomic mass is 9.78. The van der Waals surface area contributed by atoms with Gasteiger partial charge in [0.05, 0.1) is 0 Å². The predicted molar refractivity (Wildman–Crippen MR) is 73.5 cm³/mol. The average Bonchev–Trinajstić information content (AvgIpc) is 2.44. The lowest BCUT2D eigenvalue weighted by molar-refractivity contribution is -0.145. The number of aryl methyl sites for hydroxylation is 1. The molecular weight excluding hydrogens is 258 g/mol. The van der Waals surface area contributed by atoms with Crippen LogP contribution >= 0.6 is 0 Å². The maximum atomic E-state index is 11.6. The van der Waals surface area contributed by atoms with Crippen LogP contribution in [-0.2, 0) is 22.4 Å². The summed E-state index contributed by atoms with van der Waals surface area (Å²) in [6.07, 6.45) is 1.93. The van der Waals surface area contributed by atoms with Crippen molar-refractivity contribution in [2.75, 3.05) is 6.61 Å². The predicted octanol–water partition coefficient (Wildman–Crippen LogP) is 1.91. The van der Waals surface area contributed by atoms with E-state index < -0.39 is 17.6 Å². The van der Waals surface area contributed by atoms with Crippen LogP contribution < -0.4 is 5.32 Å². The van der Waals surface area contributed by atoms with E-state index in [0.717, 1.165) is 11.1 Å². The van der Waals surface area contributed by atoms with Crippen molar-refractivity contribution in [1.29, 1.82) is 0 Å². The smallest absolute Gasteiger partial charge is 0.408 e. The quantitative estimate of drug-likeness (QED) is 0.823. The summed E-state index contributed by atoms with van der Waals surface area (Å²) in [7, 11) is 0. The molecule has 0 bridgehead atoms. The highest BCUT2D eigenvalue weighted by Crippen LogP contribution is 2.29. The van der Waals surface area contributed by atoms with Crippen LogP contribution in [0.15, 0.2) is 36.9 Å². The largest absolute Gasteiger partial charge is 0.479 e. The zero-order chi connectivity index (χ0) is 14.6. The van der Waals surface area contributed by atoms with Crippen LogP contribution in [0.4, 0.5) is 4.79 Å². The molecule has 2 rings (SSSR count). The van der Waals surface area contributed by atoms with Gasteiger partial charge >= 0.3 is 12.1 Å². The molecule has 1 atom stereocenters. The Labute approximate surface area is 117 Å². The van der Waals surface area contributed by atoms with Crippen molar-refractivity contribution in [2.24, 2.45) is 0 Å². The highest BCUT2D eigenvalue weighted by atomic mass is 16.5. The number of aliphatic carboxylic acids is 1. The first-order valence-corrected chi connectivity index (χ1v) is 6.43. The Kier molecular flexibility index (Phi) is 4.08. The number of rotatable bonds is 4. The SMILES string of the molecule is C=CCOC(=O)NC1(C(=O)O)CCc2ccccc2C1. The molecule has 2 N–H and O–H groups in total. The van der Waals surface area contributed by atoms with Gasteiger partial charge in [-0.25, -0.2) is 9.59 Å². The van der Waals surface area contributed by atoms with Crippen LogP contribution in [-0.4, -0.2) is 29.3 Å². The van der Waals surface area contributed by atoms with Crippen LogP contribution in [0.2, 0.25) is 0 Å². The number of nitrogens with one attached hydrogen (secondary N) is 1. The molecule has 1 aliphatic carbocycles. The molecule has 20 heavy (non-hydrogen) atoms. The normalized spacial score (nSPS) is 20.6. The van der Waals surface area contributed by atoms with E-state index in [4.69, 9.17) is 4.74 Å². The highest BCUT2D eigenvalue weighted by Gasteiger charge is 2.43. The molecule has 5 nitrogen and oxygen atoms in total. The van der Waals surface area contributed by atoms with Gasteiger partial charge in [-0.3, -0.25) is 0 Å². The summed E-state index contributed by atoms with van der Waals surface area (Å²) in [4.78, 5) is 23.3. The monoisotopic (exact) mass is 275 g/mol. The molecule has 1 amide bonds. The number of carboxylic acid groups (broad SMARTS) is 1. The first-order valence-electron chi connectivity index (χ1n) is 6.43. The molecule has 0 saturated carbocycles. The number of benzene rings is 1. The molecule has 106 valence electrons. The van der Waals surface area contributed by atoms with Gasteiger partial charge in [-0.2, -0.15) is 0 Å². The minimum absolute atomic E-state index is 0.0537. The maximum Gasteiger partial charge on any atom is 0.408 e. The number of alkyl carbamates (subject to hydrolysis) is 1. The van der Waals surface area contributed by atoms with E-state index in [9.17, 15) is 14.7 Å². The summed E-state index contributed by atoms with van der Waals surface area (Å²) in [5.41, 5.74) is 0.780. The second-order valence-corrected chi connectivity index (χ2v) is 4.84. The van der Waals surface area contributed by atoms with Crippen LogP contribution in [0.5, 0.6) is 0 Å². The van der Waals surface area contributed by atoms with Gasteiger partial charge < -0.3 is 15.2 Å². The topological polar surface area (TPSA) is 75.6 Å². The second kappa shape index (κ2) is 5.77. The summed E-state index contributed by atoms with van der Waals surface area (Å²) >= 11 is 0. The molecule has 0 heterocycles. The van der Waals surface area contributed by atoms with E-state index in [0.29, 0.717) is 12.8 Å². The second-order valence-electron chi connectivity index (χ2n) is 4.84. The van der Waals surface area contributed by atoms with Gasteiger partial charge in [0.25, 0.3) is 0 Å². The number of hydrogen-bond donors (Lipinski definition) is 2. The third-order valence-corrected chi connectivity index (χ3v) is 3.51. The minimum Gasteiger partial charge on any atom is -0.479 e. The number of hydrogen-bond acceptors (Lipinski definition) is 3. The number of carbonyl (C=O) groups excluding carboxylic acids is 1. The summed E-state index contributed by atoms with van der Waals surface area (Å²) in [5, 5.41) is 12.0. The Morgan fingerprint density at radius 3 is 2.75 bits per heavy atom. The summed E-state index contributed by atoms with van der Waals surface area (Å²) in [5.74, 6) is -1.04. The van der Waals surface area contributed by atoms with Crippen molar-refractivity contribution in [1.82, 2.24) is 5.32 Å². The van der Waals surface area contributed by atoms with Crippen LogP contribution in [0, 0.1) is 0 Å². The minimum atomic E-state index is -1.30. The molecule has 5 heteroatoms. The van der Waals surface area contributed by atoms with Crippen LogP contribution in [0.1, 0.15) is 17.5 Å². The standard InChI is InChI=1S/C15H17NO4/c1-2-9-20-14(19)16-15(13(17)18)8-7-11-5-3-4-6-12(11)10-15/h2-6H,1,7-10H2,(H,16,19)(H,17,18). The van der Waals surface area contributed by atoms with Gasteiger partial charge in [-0.05, 0) is 24.0 Å². The van der Waals surface area contributed by atoms with Crippen molar-refractivity contribution in [3.8, 4) is 0 Å². The summed E-state index contributed by atoms with van der Waals surface area (Å²) in [6.45, 7) is 3.49. The molecule has 1 aromatic carbocycles. The number of ether oxygens (including phenoxy) is 1. The van der Waals surface area contributed by atoms with Gasteiger partial charge in [0.1, 0.15) is 12.1 Å². The van der Waals surface area contributed by atoms with E-state index in [1.54, 1.807) is 0 Å². The molecule has 0 aromatic heterocycles. The van der Waals surface area contributed by atoms with Gasteiger partial charge in [0.15, 0.2) is 0 Å². The van der Waals surface area contributed by atoms with Crippen LogP contribution in [0.25, 0.3) is 0 Å². The zero-order valence-corrected chi connectivity index (χ0v) is 11.1. The fraction of sp³-hybridized carbons (Fsp3) is 0.333. The Bertz CT molecular complexity index is 540. The van der Waals surface area contributed by atoms with Crippen molar-refractivity contribution < 1.29 is 19.4 Å². The van der Waals surface area contributed by atoms with Gasteiger partial charge in [0, 0.05) is 6.42 Å².